The zero-order valence-corrected chi connectivity index (χ0v) is 11.8. The minimum Gasteiger partial charge on any atom is -0.478 e. The van der Waals surface area contributed by atoms with Gasteiger partial charge in [0.25, 0.3) is 0 Å². The van der Waals surface area contributed by atoms with E-state index in [1.165, 1.54) is 0 Å². The van der Waals surface area contributed by atoms with Gasteiger partial charge >= 0.3 is 5.97 Å². The summed E-state index contributed by atoms with van der Waals surface area (Å²) in [6.45, 7) is 1.89. The third kappa shape index (κ3) is 3.09. The van der Waals surface area contributed by atoms with E-state index in [1.54, 1.807) is 18.2 Å². The Balaban J connectivity index is 2.19. The molecule has 0 bridgehead atoms. The molecule has 0 atom stereocenters. The van der Waals surface area contributed by atoms with E-state index in [2.05, 4.69) is 5.32 Å². The maximum atomic E-state index is 10.9. The van der Waals surface area contributed by atoms with Crippen LogP contribution in [0.3, 0.4) is 0 Å². The average molecular weight is 270 g/mol. The summed E-state index contributed by atoms with van der Waals surface area (Å²) in [6, 6.07) is 13.1. The number of aromatic carboxylic acids is 1. The molecule has 20 heavy (non-hydrogen) atoms. The molecule has 0 saturated heterocycles. The van der Waals surface area contributed by atoms with Crippen molar-refractivity contribution in [3.63, 3.8) is 0 Å². The molecule has 0 aliphatic rings. The largest absolute Gasteiger partial charge is 0.478 e. The quantitative estimate of drug-likeness (QED) is 0.892. The second kappa shape index (κ2) is 5.65. The van der Waals surface area contributed by atoms with Gasteiger partial charge in [-0.25, -0.2) is 4.79 Å². The van der Waals surface area contributed by atoms with Gasteiger partial charge in [0.15, 0.2) is 0 Å². The van der Waals surface area contributed by atoms with Gasteiger partial charge in [0.2, 0.25) is 0 Å². The van der Waals surface area contributed by atoms with Crippen LogP contribution in [-0.4, -0.2) is 25.2 Å². The lowest BCUT2D eigenvalue weighted by molar-refractivity contribution is 0.0697. The molecule has 4 heteroatoms. The Morgan fingerprint density at radius 1 is 1.10 bits per heavy atom. The van der Waals surface area contributed by atoms with E-state index in [4.69, 9.17) is 5.11 Å². The van der Waals surface area contributed by atoms with Crippen LogP contribution in [0.4, 0.5) is 17.1 Å². The molecule has 0 fully saturated rings. The number of rotatable bonds is 4. The van der Waals surface area contributed by atoms with Crippen LogP contribution in [-0.2, 0) is 0 Å². The molecule has 104 valence electrons. The zero-order valence-electron chi connectivity index (χ0n) is 11.8. The third-order valence-corrected chi connectivity index (χ3v) is 3.14. The number of hydrogen-bond donors (Lipinski definition) is 2. The molecule has 0 aliphatic carbocycles. The fraction of sp³-hybridized carbons (Fsp3) is 0.188. The molecular weight excluding hydrogens is 252 g/mol. The number of carboxylic acids is 1. The average Bonchev–Trinajstić information content (AvgIpc) is 2.41. The molecule has 0 amide bonds. The molecule has 0 heterocycles. The van der Waals surface area contributed by atoms with Crippen molar-refractivity contribution in [1.82, 2.24) is 0 Å². The van der Waals surface area contributed by atoms with Crippen molar-refractivity contribution in [3.05, 3.63) is 53.6 Å². The number of carbonyl (C=O) groups is 1. The van der Waals surface area contributed by atoms with Crippen molar-refractivity contribution in [1.29, 1.82) is 0 Å². The van der Waals surface area contributed by atoms with Gasteiger partial charge in [-0.15, -0.1) is 0 Å². The minimum atomic E-state index is -0.907. The van der Waals surface area contributed by atoms with Crippen molar-refractivity contribution >= 4 is 23.0 Å². The first kappa shape index (κ1) is 13.9. The van der Waals surface area contributed by atoms with Gasteiger partial charge in [0.1, 0.15) is 0 Å². The Bertz CT molecular complexity index is 619. The number of nitrogens with zero attached hydrogens (tertiary/aromatic N) is 1. The number of benzene rings is 2. The lowest BCUT2D eigenvalue weighted by Crippen LogP contribution is -2.08. The van der Waals surface area contributed by atoms with Crippen molar-refractivity contribution in [2.24, 2.45) is 0 Å². The SMILES string of the molecule is Cc1cc(C(=O)O)ccc1Nc1ccc(N(C)C)cc1. The Hall–Kier alpha value is -2.49. The van der Waals surface area contributed by atoms with Crippen LogP contribution in [0.2, 0.25) is 0 Å². The highest BCUT2D eigenvalue weighted by Gasteiger charge is 2.06. The highest BCUT2D eigenvalue weighted by Crippen LogP contribution is 2.23. The second-order valence-corrected chi connectivity index (χ2v) is 4.90. The molecule has 0 radical (unpaired) electrons. The van der Waals surface area contributed by atoms with Gasteiger partial charge in [-0.2, -0.15) is 0 Å². The van der Waals surface area contributed by atoms with E-state index in [1.807, 2.05) is 50.2 Å². The predicted molar refractivity (Wildman–Crippen MR) is 82.2 cm³/mol. The van der Waals surface area contributed by atoms with E-state index in [-0.39, 0.29) is 0 Å². The van der Waals surface area contributed by atoms with Gasteiger partial charge < -0.3 is 15.3 Å². The molecule has 2 aromatic rings. The Labute approximate surface area is 118 Å². The summed E-state index contributed by atoms with van der Waals surface area (Å²) >= 11 is 0. The van der Waals surface area contributed by atoms with Crippen LogP contribution in [0, 0.1) is 6.92 Å². The summed E-state index contributed by atoms with van der Waals surface area (Å²) in [5.74, 6) is -0.907. The molecule has 2 rings (SSSR count). The second-order valence-electron chi connectivity index (χ2n) is 4.90. The summed E-state index contributed by atoms with van der Waals surface area (Å²) in [5.41, 5.74) is 4.22. The van der Waals surface area contributed by atoms with Gasteiger partial charge in [0, 0.05) is 31.2 Å². The van der Waals surface area contributed by atoms with E-state index in [9.17, 15) is 4.79 Å². The van der Waals surface area contributed by atoms with Gasteiger partial charge in [-0.1, -0.05) is 0 Å². The van der Waals surface area contributed by atoms with Gasteiger partial charge in [-0.05, 0) is 55.0 Å². The summed E-state index contributed by atoms with van der Waals surface area (Å²) in [7, 11) is 3.99. The normalized spacial score (nSPS) is 10.2. The lowest BCUT2D eigenvalue weighted by atomic mass is 10.1. The minimum absolute atomic E-state index is 0.302. The van der Waals surface area contributed by atoms with Crippen LogP contribution < -0.4 is 10.2 Å². The highest BCUT2D eigenvalue weighted by molar-refractivity contribution is 5.88. The Kier molecular flexibility index (Phi) is 3.94. The molecular formula is C16H18N2O2. The lowest BCUT2D eigenvalue weighted by Gasteiger charge is -2.14. The first-order valence-electron chi connectivity index (χ1n) is 6.36. The first-order chi connectivity index (χ1) is 9.47. The standard InChI is InChI=1S/C16H18N2O2/c1-11-10-12(16(19)20)4-9-15(11)17-13-5-7-14(8-6-13)18(2)3/h4-10,17H,1-3H3,(H,19,20). The summed E-state index contributed by atoms with van der Waals surface area (Å²) in [4.78, 5) is 12.9. The highest BCUT2D eigenvalue weighted by atomic mass is 16.4. The first-order valence-corrected chi connectivity index (χ1v) is 6.36. The zero-order chi connectivity index (χ0) is 14.7. The smallest absolute Gasteiger partial charge is 0.335 e. The third-order valence-electron chi connectivity index (χ3n) is 3.14. The van der Waals surface area contributed by atoms with Crippen LogP contribution in [0.15, 0.2) is 42.5 Å². The molecule has 0 spiro atoms. The summed E-state index contributed by atoms with van der Waals surface area (Å²) < 4.78 is 0. The van der Waals surface area contributed by atoms with E-state index >= 15 is 0 Å². The number of nitrogens with one attached hydrogen (secondary N) is 1. The molecule has 2 aromatic carbocycles. The van der Waals surface area contributed by atoms with Gasteiger partial charge in [-0.3, -0.25) is 0 Å². The van der Waals surface area contributed by atoms with E-state index < -0.39 is 5.97 Å². The Morgan fingerprint density at radius 3 is 2.25 bits per heavy atom. The number of hydrogen-bond acceptors (Lipinski definition) is 3. The molecule has 0 aliphatic heterocycles. The fourth-order valence-corrected chi connectivity index (χ4v) is 1.94. The monoisotopic (exact) mass is 270 g/mol. The van der Waals surface area contributed by atoms with Crippen molar-refractivity contribution in [3.8, 4) is 0 Å². The molecule has 0 unspecified atom stereocenters. The van der Waals surface area contributed by atoms with Crippen molar-refractivity contribution in [2.45, 2.75) is 6.92 Å². The van der Waals surface area contributed by atoms with E-state index in [0.717, 1.165) is 22.6 Å². The topological polar surface area (TPSA) is 52.6 Å². The molecule has 0 saturated carbocycles. The van der Waals surface area contributed by atoms with Crippen LogP contribution in [0.1, 0.15) is 15.9 Å². The molecule has 4 nitrogen and oxygen atoms in total. The number of aryl methyl sites for hydroxylation is 1. The summed E-state index contributed by atoms with van der Waals surface area (Å²) in [5, 5.41) is 12.2. The summed E-state index contributed by atoms with van der Waals surface area (Å²) in [6.07, 6.45) is 0. The maximum absolute atomic E-state index is 10.9. The number of carboxylic acid groups (broad SMARTS) is 1. The Morgan fingerprint density at radius 2 is 1.75 bits per heavy atom. The molecule has 2 N–H and O–H groups in total. The van der Waals surface area contributed by atoms with Crippen molar-refractivity contribution < 1.29 is 9.90 Å². The number of anilines is 3. The van der Waals surface area contributed by atoms with Crippen molar-refractivity contribution in [2.75, 3.05) is 24.3 Å². The van der Waals surface area contributed by atoms with Crippen LogP contribution >= 0.6 is 0 Å². The molecule has 0 aromatic heterocycles. The predicted octanol–water partition coefficient (Wildman–Crippen LogP) is 3.50. The maximum Gasteiger partial charge on any atom is 0.335 e. The van der Waals surface area contributed by atoms with Gasteiger partial charge in [0.05, 0.1) is 5.56 Å². The fourth-order valence-electron chi connectivity index (χ4n) is 1.94. The van der Waals surface area contributed by atoms with E-state index in [0.29, 0.717) is 5.56 Å². The van der Waals surface area contributed by atoms with Crippen LogP contribution in [0.25, 0.3) is 0 Å². The van der Waals surface area contributed by atoms with Crippen LogP contribution in [0.5, 0.6) is 0 Å².